The maximum absolute atomic E-state index is 10.6. The molecule has 5 nitrogen and oxygen atoms in total. The molecule has 1 rings (SSSR count). The Bertz CT molecular complexity index is 370. The number of rotatable bonds is 4. The second-order valence-corrected chi connectivity index (χ2v) is 3.78. The molecule has 0 fully saturated rings. The van der Waals surface area contributed by atoms with Gasteiger partial charge in [0.05, 0.1) is 12.2 Å². The van der Waals surface area contributed by atoms with E-state index in [1.165, 1.54) is 0 Å². The highest BCUT2D eigenvalue weighted by molar-refractivity contribution is 5.75. The van der Waals surface area contributed by atoms with Crippen LogP contribution in [0.3, 0.4) is 0 Å². The van der Waals surface area contributed by atoms with Crippen molar-refractivity contribution in [3.63, 3.8) is 0 Å². The zero-order chi connectivity index (χ0) is 11.6. The fourth-order valence-electron chi connectivity index (χ4n) is 1.77. The first-order valence-corrected chi connectivity index (χ1v) is 4.95. The van der Waals surface area contributed by atoms with Crippen LogP contribution < -0.4 is 11.1 Å². The number of nitrogens with two attached hydrogens (primary N) is 1. The summed E-state index contributed by atoms with van der Waals surface area (Å²) in [6.45, 7) is 6.16. The molecule has 0 saturated carbocycles. The van der Waals surface area contributed by atoms with Crippen molar-refractivity contribution in [2.24, 2.45) is 12.8 Å². The van der Waals surface area contributed by atoms with E-state index in [9.17, 15) is 4.79 Å². The summed E-state index contributed by atoms with van der Waals surface area (Å²) in [6, 6.07) is 0.0891. The third-order valence-electron chi connectivity index (χ3n) is 2.58. The lowest BCUT2D eigenvalue weighted by molar-refractivity contribution is -0.117. The van der Waals surface area contributed by atoms with Crippen molar-refractivity contribution in [1.29, 1.82) is 0 Å². The fourth-order valence-corrected chi connectivity index (χ4v) is 1.77. The van der Waals surface area contributed by atoms with E-state index in [1.807, 2.05) is 32.5 Å². The van der Waals surface area contributed by atoms with Gasteiger partial charge in [0, 0.05) is 24.3 Å². The number of aryl methyl sites for hydroxylation is 2. The molecule has 1 heterocycles. The molecule has 0 aliphatic rings. The number of carbonyl (C=O) groups excluding carboxylic acids is 1. The number of primary amides is 1. The summed E-state index contributed by atoms with van der Waals surface area (Å²) in [5.41, 5.74) is 8.31. The lowest BCUT2D eigenvalue weighted by Crippen LogP contribution is -2.30. The molecule has 5 heteroatoms. The van der Waals surface area contributed by atoms with E-state index in [0.29, 0.717) is 0 Å². The largest absolute Gasteiger partial charge is 0.369 e. The van der Waals surface area contributed by atoms with Crippen molar-refractivity contribution in [2.75, 3.05) is 6.54 Å². The maximum atomic E-state index is 10.6. The molecule has 0 radical (unpaired) electrons. The van der Waals surface area contributed by atoms with Crippen molar-refractivity contribution in [3.05, 3.63) is 17.0 Å². The Kier molecular flexibility index (Phi) is 3.47. The molecule has 0 saturated heterocycles. The van der Waals surface area contributed by atoms with Gasteiger partial charge < -0.3 is 11.1 Å². The predicted molar refractivity (Wildman–Crippen MR) is 58.3 cm³/mol. The van der Waals surface area contributed by atoms with Gasteiger partial charge in [-0.1, -0.05) is 0 Å². The minimum Gasteiger partial charge on any atom is -0.369 e. The van der Waals surface area contributed by atoms with E-state index >= 15 is 0 Å². The van der Waals surface area contributed by atoms with Crippen LogP contribution in [-0.2, 0) is 11.8 Å². The summed E-state index contributed by atoms with van der Waals surface area (Å²) in [5.74, 6) is -0.346. The zero-order valence-corrected chi connectivity index (χ0v) is 9.66. The second kappa shape index (κ2) is 4.44. The van der Waals surface area contributed by atoms with Crippen LogP contribution in [0.15, 0.2) is 0 Å². The Morgan fingerprint density at radius 3 is 2.60 bits per heavy atom. The molecular weight excluding hydrogens is 192 g/mol. The van der Waals surface area contributed by atoms with Gasteiger partial charge >= 0.3 is 0 Å². The highest BCUT2D eigenvalue weighted by atomic mass is 16.1. The van der Waals surface area contributed by atoms with E-state index in [4.69, 9.17) is 5.73 Å². The molecule has 0 spiro atoms. The van der Waals surface area contributed by atoms with Gasteiger partial charge in [-0.05, 0) is 20.8 Å². The number of nitrogens with one attached hydrogen (secondary N) is 1. The smallest absolute Gasteiger partial charge is 0.231 e. The first kappa shape index (κ1) is 11.7. The van der Waals surface area contributed by atoms with Gasteiger partial charge in [-0.3, -0.25) is 9.48 Å². The molecule has 1 aromatic heterocycles. The van der Waals surface area contributed by atoms with Crippen molar-refractivity contribution in [1.82, 2.24) is 15.1 Å². The normalized spacial score (nSPS) is 12.8. The Balaban J connectivity index is 2.81. The number of hydrogen-bond acceptors (Lipinski definition) is 3. The minimum atomic E-state index is -0.346. The number of aromatic nitrogens is 2. The van der Waals surface area contributed by atoms with Crippen LogP contribution in [0.1, 0.15) is 29.9 Å². The molecule has 1 atom stereocenters. The zero-order valence-electron chi connectivity index (χ0n) is 9.66. The SMILES string of the molecule is Cc1nn(C)c(C)c1C(C)NCC(N)=O. The van der Waals surface area contributed by atoms with E-state index < -0.39 is 0 Å². The Morgan fingerprint density at radius 2 is 2.20 bits per heavy atom. The van der Waals surface area contributed by atoms with Crippen LogP contribution in [0.4, 0.5) is 0 Å². The highest BCUT2D eigenvalue weighted by Crippen LogP contribution is 2.20. The van der Waals surface area contributed by atoms with Gasteiger partial charge in [0.2, 0.25) is 5.91 Å². The van der Waals surface area contributed by atoms with Gasteiger partial charge in [0.15, 0.2) is 0 Å². The van der Waals surface area contributed by atoms with Crippen LogP contribution in [0.25, 0.3) is 0 Å². The highest BCUT2D eigenvalue weighted by Gasteiger charge is 2.15. The first-order valence-electron chi connectivity index (χ1n) is 4.95. The van der Waals surface area contributed by atoms with E-state index in [0.717, 1.165) is 17.0 Å². The molecule has 1 unspecified atom stereocenters. The summed E-state index contributed by atoms with van der Waals surface area (Å²) in [4.78, 5) is 10.6. The third-order valence-corrected chi connectivity index (χ3v) is 2.58. The van der Waals surface area contributed by atoms with E-state index in [2.05, 4.69) is 10.4 Å². The first-order chi connectivity index (χ1) is 6.93. The van der Waals surface area contributed by atoms with Crippen LogP contribution in [0.2, 0.25) is 0 Å². The van der Waals surface area contributed by atoms with Crippen molar-refractivity contribution in [3.8, 4) is 0 Å². The average molecular weight is 210 g/mol. The number of carbonyl (C=O) groups is 1. The van der Waals surface area contributed by atoms with Crippen molar-refractivity contribution >= 4 is 5.91 Å². The lowest BCUT2D eigenvalue weighted by Gasteiger charge is -2.13. The van der Waals surface area contributed by atoms with Gasteiger partial charge in [-0.25, -0.2) is 0 Å². The predicted octanol–water partition coefficient (Wildman–Crippen LogP) is 0.173. The number of hydrogen-bond donors (Lipinski definition) is 2. The lowest BCUT2D eigenvalue weighted by atomic mass is 10.1. The molecule has 84 valence electrons. The molecule has 0 bridgehead atoms. The summed E-state index contributed by atoms with van der Waals surface area (Å²) < 4.78 is 1.84. The summed E-state index contributed by atoms with van der Waals surface area (Å²) in [6.07, 6.45) is 0. The number of amides is 1. The molecule has 15 heavy (non-hydrogen) atoms. The van der Waals surface area contributed by atoms with Gasteiger partial charge in [0.25, 0.3) is 0 Å². The molecule has 0 aromatic carbocycles. The van der Waals surface area contributed by atoms with Crippen LogP contribution in [-0.4, -0.2) is 22.2 Å². The Morgan fingerprint density at radius 1 is 1.60 bits per heavy atom. The second-order valence-electron chi connectivity index (χ2n) is 3.78. The molecular formula is C10H18N4O. The quantitative estimate of drug-likeness (QED) is 0.744. The minimum absolute atomic E-state index is 0.0891. The van der Waals surface area contributed by atoms with Crippen LogP contribution in [0.5, 0.6) is 0 Å². The molecule has 1 aromatic rings. The molecule has 1 amide bonds. The fraction of sp³-hybridized carbons (Fsp3) is 0.600. The molecule has 3 N–H and O–H groups in total. The third kappa shape index (κ3) is 2.56. The van der Waals surface area contributed by atoms with Gasteiger partial charge in [-0.15, -0.1) is 0 Å². The average Bonchev–Trinajstić information content (AvgIpc) is 2.37. The summed E-state index contributed by atoms with van der Waals surface area (Å²) in [5, 5.41) is 7.38. The maximum Gasteiger partial charge on any atom is 0.231 e. The van der Waals surface area contributed by atoms with E-state index in [-0.39, 0.29) is 18.5 Å². The molecule has 0 aliphatic carbocycles. The van der Waals surface area contributed by atoms with Crippen LogP contribution >= 0.6 is 0 Å². The van der Waals surface area contributed by atoms with Crippen molar-refractivity contribution < 1.29 is 4.79 Å². The Labute approximate surface area is 89.6 Å². The monoisotopic (exact) mass is 210 g/mol. The topological polar surface area (TPSA) is 72.9 Å². The summed E-state index contributed by atoms with van der Waals surface area (Å²) >= 11 is 0. The number of nitrogens with zero attached hydrogens (tertiary/aromatic N) is 2. The van der Waals surface area contributed by atoms with Crippen molar-refractivity contribution in [2.45, 2.75) is 26.8 Å². The summed E-state index contributed by atoms with van der Waals surface area (Å²) in [7, 11) is 1.91. The van der Waals surface area contributed by atoms with E-state index in [1.54, 1.807) is 0 Å². The van der Waals surface area contributed by atoms with Crippen LogP contribution in [0, 0.1) is 13.8 Å². The standard InChI is InChI=1S/C10H18N4O/c1-6(12-5-9(11)15)10-7(2)13-14(4)8(10)3/h6,12H,5H2,1-4H3,(H2,11,15). The van der Waals surface area contributed by atoms with Gasteiger partial charge in [0.1, 0.15) is 0 Å². The Hall–Kier alpha value is -1.36. The van der Waals surface area contributed by atoms with Gasteiger partial charge in [-0.2, -0.15) is 5.10 Å². The molecule has 0 aliphatic heterocycles.